The molecular weight excluding hydrogens is 250 g/mol. The average Bonchev–Trinajstić information content (AvgIpc) is 2.89. The number of hydrogen-bond acceptors (Lipinski definition) is 3. The second kappa shape index (κ2) is 7.82. The van der Waals surface area contributed by atoms with E-state index in [4.69, 9.17) is 4.74 Å². The zero-order valence-electron chi connectivity index (χ0n) is 12.3. The second-order valence-corrected chi connectivity index (χ2v) is 4.88. The van der Waals surface area contributed by atoms with E-state index in [2.05, 4.69) is 40.0 Å². The van der Waals surface area contributed by atoms with Crippen molar-refractivity contribution in [2.24, 2.45) is 0 Å². The molecule has 1 aromatic carbocycles. The number of ether oxygens (including phenoxy) is 1. The van der Waals surface area contributed by atoms with E-state index in [1.54, 1.807) is 7.11 Å². The minimum Gasteiger partial charge on any atom is -0.380 e. The summed E-state index contributed by atoms with van der Waals surface area (Å²) < 4.78 is 7.43. The van der Waals surface area contributed by atoms with Crippen LogP contribution in [0.2, 0.25) is 0 Å². The third-order valence-electron chi connectivity index (χ3n) is 3.30. The third-order valence-corrected chi connectivity index (χ3v) is 3.30. The summed E-state index contributed by atoms with van der Waals surface area (Å²) in [4.78, 5) is 4.22. The molecule has 0 radical (unpaired) electrons. The summed E-state index contributed by atoms with van der Waals surface area (Å²) in [6.07, 6.45) is 4.96. The van der Waals surface area contributed by atoms with Crippen molar-refractivity contribution in [2.45, 2.75) is 39.6 Å². The molecule has 2 aromatic rings. The average molecular weight is 273 g/mol. The molecule has 20 heavy (non-hydrogen) atoms. The second-order valence-electron chi connectivity index (χ2n) is 4.88. The van der Waals surface area contributed by atoms with E-state index in [0.29, 0.717) is 6.61 Å². The molecule has 108 valence electrons. The molecule has 1 N–H and O–H groups in total. The molecule has 4 heteroatoms. The van der Waals surface area contributed by atoms with Crippen LogP contribution in [0.5, 0.6) is 0 Å². The molecule has 4 nitrogen and oxygen atoms in total. The van der Waals surface area contributed by atoms with Crippen LogP contribution in [0.1, 0.15) is 30.2 Å². The number of aryl methyl sites for hydroxylation is 1. The molecule has 0 fully saturated rings. The standard InChI is InChI=1S/C16H23N3O/c1-3-8-19-13-18-11-16(19)10-17-9-14-6-4-5-7-15(14)12-20-2/h4-7,11,13,17H,3,8-10,12H2,1-2H3. The summed E-state index contributed by atoms with van der Waals surface area (Å²) in [5, 5.41) is 3.49. The Morgan fingerprint density at radius 2 is 2.00 bits per heavy atom. The van der Waals surface area contributed by atoms with Gasteiger partial charge in [0.05, 0.1) is 18.6 Å². The molecule has 0 amide bonds. The Hall–Kier alpha value is -1.65. The first kappa shape index (κ1) is 14.8. The number of hydrogen-bond donors (Lipinski definition) is 1. The van der Waals surface area contributed by atoms with Gasteiger partial charge in [0.1, 0.15) is 0 Å². The molecule has 0 atom stereocenters. The van der Waals surface area contributed by atoms with Gasteiger partial charge < -0.3 is 14.6 Å². The SMILES string of the molecule is CCCn1cncc1CNCc1ccccc1COC. The fourth-order valence-electron chi connectivity index (χ4n) is 2.29. The summed E-state index contributed by atoms with van der Waals surface area (Å²) in [5.41, 5.74) is 3.76. The van der Waals surface area contributed by atoms with Gasteiger partial charge in [-0.15, -0.1) is 0 Å². The summed E-state index contributed by atoms with van der Waals surface area (Å²) in [6, 6.07) is 8.37. The van der Waals surface area contributed by atoms with E-state index < -0.39 is 0 Å². The van der Waals surface area contributed by atoms with E-state index in [0.717, 1.165) is 26.1 Å². The highest BCUT2D eigenvalue weighted by atomic mass is 16.5. The summed E-state index contributed by atoms with van der Waals surface area (Å²) >= 11 is 0. The fraction of sp³-hybridized carbons (Fsp3) is 0.438. The van der Waals surface area contributed by atoms with Gasteiger partial charge in [-0.3, -0.25) is 0 Å². The van der Waals surface area contributed by atoms with Crippen molar-refractivity contribution in [2.75, 3.05) is 7.11 Å². The maximum atomic E-state index is 5.23. The van der Waals surface area contributed by atoms with Crippen LogP contribution in [0, 0.1) is 0 Å². The summed E-state index contributed by atoms with van der Waals surface area (Å²) in [5.74, 6) is 0. The molecule has 0 bridgehead atoms. The van der Waals surface area contributed by atoms with Crippen LogP contribution in [0.4, 0.5) is 0 Å². The third kappa shape index (κ3) is 3.92. The highest BCUT2D eigenvalue weighted by Gasteiger charge is 2.03. The van der Waals surface area contributed by atoms with Crippen molar-refractivity contribution in [1.82, 2.24) is 14.9 Å². The normalized spacial score (nSPS) is 10.9. The van der Waals surface area contributed by atoms with Crippen LogP contribution in [0.3, 0.4) is 0 Å². The van der Waals surface area contributed by atoms with Crippen molar-refractivity contribution in [3.05, 3.63) is 53.6 Å². The quantitative estimate of drug-likeness (QED) is 0.804. The largest absolute Gasteiger partial charge is 0.380 e. The first-order valence-electron chi connectivity index (χ1n) is 7.10. The van der Waals surface area contributed by atoms with Crippen LogP contribution in [0.25, 0.3) is 0 Å². The molecule has 1 heterocycles. The first-order chi connectivity index (χ1) is 9.85. The van der Waals surface area contributed by atoms with Crippen molar-refractivity contribution < 1.29 is 4.74 Å². The smallest absolute Gasteiger partial charge is 0.0948 e. The molecular formula is C16H23N3O. The molecule has 0 aliphatic heterocycles. The Morgan fingerprint density at radius 1 is 1.20 bits per heavy atom. The molecule has 0 unspecified atom stereocenters. The molecule has 2 rings (SSSR count). The molecule has 0 saturated carbocycles. The van der Waals surface area contributed by atoms with Crippen LogP contribution in [-0.4, -0.2) is 16.7 Å². The topological polar surface area (TPSA) is 39.1 Å². The lowest BCUT2D eigenvalue weighted by molar-refractivity contribution is 0.184. The van der Waals surface area contributed by atoms with Crippen molar-refractivity contribution >= 4 is 0 Å². The van der Waals surface area contributed by atoms with Crippen molar-refractivity contribution in [3.63, 3.8) is 0 Å². The molecule has 0 saturated heterocycles. The van der Waals surface area contributed by atoms with Crippen LogP contribution < -0.4 is 5.32 Å². The Morgan fingerprint density at radius 3 is 2.75 bits per heavy atom. The van der Waals surface area contributed by atoms with Gasteiger partial charge >= 0.3 is 0 Å². The van der Waals surface area contributed by atoms with E-state index in [1.807, 2.05) is 18.6 Å². The molecule has 0 aliphatic rings. The Labute approximate surface area is 120 Å². The van der Waals surface area contributed by atoms with E-state index in [-0.39, 0.29) is 0 Å². The number of nitrogens with zero attached hydrogens (tertiary/aromatic N) is 2. The summed E-state index contributed by atoms with van der Waals surface area (Å²) in [6.45, 7) is 5.54. The lowest BCUT2D eigenvalue weighted by Crippen LogP contribution is -2.16. The number of benzene rings is 1. The molecule has 0 spiro atoms. The van der Waals surface area contributed by atoms with Crippen LogP contribution in [0.15, 0.2) is 36.8 Å². The Balaban J connectivity index is 1.91. The maximum Gasteiger partial charge on any atom is 0.0948 e. The van der Waals surface area contributed by atoms with E-state index in [9.17, 15) is 0 Å². The molecule has 1 aromatic heterocycles. The minimum absolute atomic E-state index is 0.658. The molecule has 0 aliphatic carbocycles. The van der Waals surface area contributed by atoms with E-state index >= 15 is 0 Å². The number of rotatable bonds is 8. The lowest BCUT2D eigenvalue weighted by atomic mass is 10.1. The highest BCUT2D eigenvalue weighted by molar-refractivity contribution is 5.26. The van der Waals surface area contributed by atoms with Crippen molar-refractivity contribution in [1.29, 1.82) is 0 Å². The number of nitrogens with one attached hydrogen (secondary N) is 1. The van der Waals surface area contributed by atoms with E-state index in [1.165, 1.54) is 16.8 Å². The predicted octanol–water partition coefficient (Wildman–Crippen LogP) is 2.73. The van der Waals surface area contributed by atoms with Crippen LogP contribution in [-0.2, 0) is 31.0 Å². The monoisotopic (exact) mass is 273 g/mol. The maximum absolute atomic E-state index is 5.23. The fourth-order valence-corrected chi connectivity index (χ4v) is 2.29. The lowest BCUT2D eigenvalue weighted by Gasteiger charge is -2.11. The van der Waals surface area contributed by atoms with Gasteiger partial charge in [0, 0.05) is 32.9 Å². The van der Waals surface area contributed by atoms with Gasteiger partial charge in [0.15, 0.2) is 0 Å². The number of methoxy groups -OCH3 is 1. The van der Waals surface area contributed by atoms with Gasteiger partial charge in [-0.05, 0) is 17.5 Å². The van der Waals surface area contributed by atoms with Gasteiger partial charge in [-0.25, -0.2) is 4.98 Å². The summed E-state index contributed by atoms with van der Waals surface area (Å²) in [7, 11) is 1.73. The minimum atomic E-state index is 0.658. The van der Waals surface area contributed by atoms with Gasteiger partial charge in [0.25, 0.3) is 0 Å². The zero-order valence-corrected chi connectivity index (χ0v) is 12.3. The number of aromatic nitrogens is 2. The first-order valence-corrected chi connectivity index (χ1v) is 7.10. The van der Waals surface area contributed by atoms with Gasteiger partial charge in [-0.1, -0.05) is 31.2 Å². The zero-order chi connectivity index (χ0) is 14.2. The predicted molar refractivity (Wildman–Crippen MR) is 80.2 cm³/mol. The van der Waals surface area contributed by atoms with Crippen LogP contribution >= 0.6 is 0 Å². The Kier molecular flexibility index (Phi) is 5.77. The van der Waals surface area contributed by atoms with Crippen molar-refractivity contribution in [3.8, 4) is 0 Å². The Bertz CT molecular complexity index is 522. The van der Waals surface area contributed by atoms with Gasteiger partial charge in [0.2, 0.25) is 0 Å². The van der Waals surface area contributed by atoms with Gasteiger partial charge in [-0.2, -0.15) is 0 Å². The highest BCUT2D eigenvalue weighted by Crippen LogP contribution is 2.10. The number of imidazole rings is 1.